The first-order valence-corrected chi connectivity index (χ1v) is 10.6. The fourth-order valence-corrected chi connectivity index (χ4v) is 4.63. The van der Waals surface area contributed by atoms with Gasteiger partial charge in [0.25, 0.3) is 0 Å². The summed E-state index contributed by atoms with van der Waals surface area (Å²) in [6, 6.07) is 10.4. The maximum Gasteiger partial charge on any atom is 0.226 e. The minimum atomic E-state index is 0.0548. The van der Waals surface area contributed by atoms with Gasteiger partial charge in [-0.05, 0) is 44.2 Å². The van der Waals surface area contributed by atoms with Gasteiger partial charge in [0.05, 0.1) is 0 Å². The van der Waals surface area contributed by atoms with Gasteiger partial charge in [-0.1, -0.05) is 18.2 Å². The van der Waals surface area contributed by atoms with Crippen LogP contribution in [0.2, 0.25) is 0 Å². The first-order chi connectivity index (χ1) is 14.1. The van der Waals surface area contributed by atoms with Gasteiger partial charge in [-0.3, -0.25) is 14.2 Å². The van der Waals surface area contributed by atoms with E-state index < -0.39 is 0 Å². The molecule has 7 nitrogen and oxygen atoms in total. The van der Waals surface area contributed by atoms with E-state index in [0.29, 0.717) is 13.1 Å². The predicted octanol–water partition coefficient (Wildman–Crippen LogP) is 2.45. The van der Waals surface area contributed by atoms with E-state index >= 15 is 0 Å². The maximum absolute atomic E-state index is 13.1. The van der Waals surface area contributed by atoms with Crippen molar-refractivity contribution in [3.63, 3.8) is 0 Å². The van der Waals surface area contributed by atoms with Gasteiger partial charge in [-0.15, -0.1) is 10.2 Å². The molecule has 0 N–H and O–H groups in total. The zero-order valence-electron chi connectivity index (χ0n) is 17.0. The second kappa shape index (κ2) is 8.76. The number of aryl methyl sites for hydroxylation is 1. The fraction of sp³-hybridized carbons (Fsp3) is 0.545. The van der Waals surface area contributed by atoms with Gasteiger partial charge in [0, 0.05) is 50.6 Å². The zero-order chi connectivity index (χ0) is 20.2. The summed E-state index contributed by atoms with van der Waals surface area (Å²) in [7, 11) is 0. The van der Waals surface area contributed by atoms with E-state index in [9.17, 15) is 9.59 Å². The monoisotopic (exact) mass is 395 g/mol. The first kappa shape index (κ1) is 19.6. The van der Waals surface area contributed by atoms with Crippen molar-refractivity contribution in [1.29, 1.82) is 0 Å². The van der Waals surface area contributed by atoms with Gasteiger partial charge in [-0.25, -0.2) is 0 Å². The van der Waals surface area contributed by atoms with Gasteiger partial charge >= 0.3 is 0 Å². The molecule has 0 spiro atoms. The van der Waals surface area contributed by atoms with E-state index in [4.69, 9.17) is 0 Å². The molecule has 0 radical (unpaired) electrons. The van der Waals surface area contributed by atoms with E-state index in [-0.39, 0.29) is 23.8 Å². The number of para-hydroxylation sites is 1. The summed E-state index contributed by atoms with van der Waals surface area (Å²) in [5, 5.41) is 8.40. The van der Waals surface area contributed by atoms with Crippen LogP contribution >= 0.6 is 0 Å². The Morgan fingerprint density at radius 2 is 1.83 bits per heavy atom. The summed E-state index contributed by atoms with van der Waals surface area (Å²) in [6.07, 6.45) is 7.14. The highest BCUT2D eigenvalue weighted by atomic mass is 16.2. The van der Waals surface area contributed by atoms with Crippen LogP contribution in [0, 0.1) is 5.92 Å². The lowest BCUT2D eigenvalue weighted by Crippen LogP contribution is -2.45. The number of aromatic nitrogens is 3. The number of carbonyl (C=O) groups is 2. The highest BCUT2D eigenvalue weighted by molar-refractivity contribution is 5.80. The smallest absolute Gasteiger partial charge is 0.226 e. The minimum absolute atomic E-state index is 0.0548. The number of amides is 2. The maximum atomic E-state index is 13.1. The molecule has 2 saturated heterocycles. The van der Waals surface area contributed by atoms with E-state index in [1.807, 2.05) is 39.8 Å². The second-order valence-electron chi connectivity index (χ2n) is 8.10. The molecule has 2 aliphatic rings. The fourth-order valence-electron chi connectivity index (χ4n) is 4.63. The highest BCUT2D eigenvalue weighted by Crippen LogP contribution is 2.27. The van der Waals surface area contributed by atoms with Crippen LogP contribution < -0.4 is 0 Å². The molecular weight excluding hydrogens is 366 g/mol. The molecule has 3 heterocycles. The largest absolute Gasteiger partial charge is 0.343 e. The number of nitrogens with zero attached hydrogens (tertiary/aromatic N) is 5. The van der Waals surface area contributed by atoms with Gasteiger partial charge in [0.1, 0.15) is 12.2 Å². The summed E-state index contributed by atoms with van der Waals surface area (Å²) in [6.45, 7) is 3.85. The average molecular weight is 396 g/mol. The third-order valence-electron chi connectivity index (χ3n) is 6.30. The van der Waals surface area contributed by atoms with Crippen molar-refractivity contribution in [3.05, 3.63) is 42.5 Å². The third-order valence-corrected chi connectivity index (χ3v) is 6.30. The molecular formula is C22H29N5O2. The van der Waals surface area contributed by atoms with Crippen LogP contribution in [0.15, 0.2) is 36.7 Å². The van der Waals surface area contributed by atoms with E-state index in [2.05, 4.69) is 15.1 Å². The number of hydrogen-bond donors (Lipinski definition) is 0. The minimum Gasteiger partial charge on any atom is -0.343 e. The number of rotatable bonds is 5. The predicted molar refractivity (Wildman–Crippen MR) is 109 cm³/mol. The molecule has 29 heavy (non-hydrogen) atoms. The van der Waals surface area contributed by atoms with Crippen molar-refractivity contribution < 1.29 is 9.59 Å². The Kier molecular flexibility index (Phi) is 5.92. The molecule has 2 aromatic rings. The molecule has 0 aliphatic carbocycles. The van der Waals surface area contributed by atoms with Crippen molar-refractivity contribution >= 4 is 11.8 Å². The Hall–Kier alpha value is -2.70. The topological polar surface area (TPSA) is 71.3 Å². The van der Waals surface area contributed by atoms with Crippen LogP contribution in [0.25, 0.3) is 5.69 Å². The van der Waals surface area contributed by atoms with E-state index in [0.717, 1.165) is 56.6 Å². The van der Waals surface area contributed by atoms with Crippen molar-refractivity contribution in [3.8, 4) is 5.69 Å². The summed E-state index contributed by atoms with van der Waals surface area (Å²) < 4.78 is 2.03. The summed E-state index contributed by atoms with van der Waals surface area (Å²) >= 11 is 0. The Labute approximate surface area is 171 Å². The summed E-state index contributed by atoms with van der Waals surface area (Å²) in [5.74, 6) is 1.38. The van der Waals surface area contributed by atoms with Gasteiger partial charge < -0.3 is 9.80 Å². The normalized spacial score (nSPS) is 20.2. The lowest BCUT2D eigenvalue weighted by atomic mass is 9.94. The van der Waals surface area contributed by atoms with Crippen molar-refractivity contribution in [2.24, 2.45) is 5.92 Å². The number of carbonyl (C=O) groups excluding carboxylic acids is 2. The van der Waals surface area contributed by atoms with E-state index in [1.165, 1.54) is 0 Å². The van der Waals surface area contributed by atoms with Gasteiger partial charge in [-0.2, -0.15) is 0 Å². The molecule has 0 bridgehead atoms. The lowest BCUT2D eigenvalue weighted by molar-refractivity contribution is -0.140. The molecule has 2 aliphatic heterocycles. The van der Waals surface area contributed by atoms with Crippen LogP contribution in [-0.2, 0) is 16.0 Å². The van der Waals surface area contributed by atoms with Gasteiger partial charge in [0.15, 0.2) is 0 Å². The summed E-state index contributed by atoms with van der Waals surface area (Å²) in [4.78, 5) is 28.6. The van der Waals surface area contributed by atoms with Crippen molar-refractivity contribution in [2.45, 2.75) is 51.5 Å². The van der Waals surface area contributed by atoms with Crippen LogP contribution in [-0.4, -0.2) is 62.1 Å². The average Bonchev–Trinajstić information content (AvgIpc) is 3.41. The molecule has 1 atom stereocenters. The van der Waals surface area contributed by atoms with Crippen LogP contribution in [0.5, 0.6) is 0 Å². The molecule has 1 aromatic heterocycles. The Bertz CT molecular complexity index is 842. The number of benzene rings is 1. The Morgan fingerprint density at radius 1 is 1.07 bits per heavy atom. The first-order valence-electron chi connectivity index (χ1n) is 10.6. The third kappa shape index (κ3) is 4.33. The number of hydrogen-bond acceptors (Lipinski definition) is 4. The molecule has 2 amide bonds. The summed E-state index contributed by atoms with van der Waals surface area (Å²) in [5.41, 5.74) is 1.06. The molecule has 7 heteroatoms. The standard InChI is InChI=1S/C22H29N5O2/c1-17(28)25-14-11-18(12-15-25)22(29)26-13-5-8-20(26)9-10-21-24-23-16-27(21)19-6-3-2-4-7-19/h2-4,6-7,16,18,20H,5,8-15H2,1H3. The van der Waals surface area contributed by atoms with Crippen LogP contribution in [0.4, 0.5) is 0 Å². The zero-order valence-corrected chi connectivity index (χ0v) is 17.0. The molecule has 154 valence electrons. The van der Waals surface area contributed by atoms with E-state index in [1.54, 1.807) is 13.3 Å². The molecule has 1 aromatic carbocycles. The molecule has 1 unspecified atom stereocenters. The quantitative estimate of drug-likeness (QED) is 0.780. The van der Waals surface area contributed by atoms with Crippen LogP contribution in [0.1, 0.15) is 44.9 Å². The number of piperidine rings is 1. The Morgan fingerprint density at radius 3 is 2.55 bits per heavy atom. The second-order valence-corrected chi connectivity index (χ2v) is 8.10. The van der Waals surface area contributed by atoms with Crippen molar-refractivity contribution in [1.82, 2.24) is 24.6 Å². The molecule has 4 rings (SSSR count). The number of likely N-dealkylation sites (tertiary alicyclic amines) is 2. The molecule has 0 saturated carbocycles. The van der Waals surface area contributed by atoms with Crippen LogP contribution in [0.3, 0.4) is 0 Å². The molecule has 2 fully saturated rings. The lowest BCUT2D eigenvalue weighted by Gasteiger charge is -2.34. The SMILES string of the molecule is CC(=O)N1CCC(C(=O)N2CCCC2CCc2nncn2-c2ccccc2)CC1. The van der Waals surface area contributed by atoms with Gasteiger partial charge in [0.2, 0.25) is 11.8 Å². The Balaban J connectivity index is 1.36. The highest BCUT2D eigenvalue weighted by Gasteiger charge is 2.35. The van der Waals surface area contributed by atoms with Crippen molar-refractivity contribution in [2.75, 3.05) is 19.6 Å².